The van der Waals surface area contributed by atoms with E-state index in [0.29, 0.717) is 26.3 Å². The number of rotatable bonds is 5. The summed E-state index contributed by atoms with van der Waals surface area (Å²) in [6, 6.07) is 7.46. The molecule has 1 aromatic heterocycles. The second-order valence-corrected chi connectivity index (χ2v) is 8.05. The molecular weight excluding hydrogens is 394 g/mol. The first-order valence-corrected chi connectivity index (χ1v) is 10.4. The Morgan fingerprint density at radius 3 is 2.59 bits per heavy atom. The fraction of sp³-hybridized carbons (Fsp3) is 0.474. The van der Waals surface area contributed by atoms with Crippen molar-refractivity contribution in [2.24, 2.45) is 0 Å². The second-order valence-electron chi connectivity index (χ2n) is 7.04. The van der Waals surface area contributed by atoms with Gasteiger partial charge in [-0.1, -0.05) is 12.1 Å². The van der Waals surface area contributed by atoms with Crippen molar-refractivity contribution in [2.75, 3.05) is 37.4 Å². The number of fused-ring (bicyclic) bond motifs is 1. The molecule has 2 fully saturated rings. The first-order chi connectivity index (χ1) is 14.1. The Morgan fingerprint density at radius 1 is 1.21 bits per heavy atom. The molecule has 2 amide bonds. The minimum absolute atomic E-state index is 0.00640. The molecule has 0 radical (unpaired) electrons. The summed E-state index contributed by atoms with van der Waals surface area (Å²) in [5.41, 5.74) is 0.718. The van der Waals surface area contributed by atoms with Crippen molar-refractivity contribution in [3.8, 4) is 0 Å². The highest BCUT2D eigenvalue weighted by Gasteiger charge is 2.39. The van der Waals surface area contributed by atoms with E-state index in [0.717, 1.165) is 10.6 Å². The summed E-state index contributed by atoms with van der Waals surface area (Å²) in [6.45, 7) is 3.45. The van der Waals surface area contributed by atoms with Gasteiger partial charge in [-0.25, -0.2) is 9.67 Å². The Hall–Kier alpha value is -2.43. The lowest BCUT2D eigenvalue weighted by molar-refractivity contribution is -0.128. The summed E-state index contributed by atoms with van der Waals surface area (Å²) in [6.07, 6.45) is 2.88. The molecule has 2 aliphatic heterocycles. The molecule has 1 aromatic carbocycles. The topological polar surface area (TPSA) is 98.6 Å². The first kappa shape index (κ1) is 19.9. The Morgan fingerprint density at radius 2 is 1.93 bits per heavy atom. The third-order valence-electron chi connectivity index (χ3n) is 4.93. The minimum Gasteiger partial charge on any atom is -0.371 e. The molecule has 2 saturated heterocycles. The maximum absolute atomic E-state index is 12.7. The van der Waals surface area contributed by atoms with Gasteiger partial charge in [0.2, 0.25) is 11.8 Å². The Bertz CT molecular complexity index is 846. The lowest BCUT2D eigenvalue weighted by atomic mass is 10.3. The zero-order valence-corrected chi connectivity index (χ0v) is 16.9. The third-order valence-corrected chi connectivity index (χ3v) is 5.99. The second kappa shape index (κ2) is 8.93. The molecule has 9 nitrogen and oxygen atoms in total. The molecule has 0 unspecified atom stereocenters. The van der Waals surface area contributed by atoms with Crippen molar-refractivity contribution < 1.29 is 19.1 Å². The smallest absolute Gasteiger partial charge is 0.233 e. The molecule has 1 N–H and O–H groups in total. The number of anilines is 1. The molecule has 2 aromatic rings. The predicted octanol–water partition coefficient (Wildman–Crippen LogP) is 1.20. The molecule has 0 aliphatic carbocycles. The normalized spacial score (nSPS) is 22.2. The largest absolute Gasteiger partial charge is 0.371 e. The molecule has 2 atom stereocenters. The van der Waals surface area contributed by atoms with Crippen LogP contribution in [0.2, 0.25) is 0 Å². The fourth-order valence-corrected chi connectivity index (χ4v) is 4.37. The van der Waals surface area contributed by atoms with Crippen LogP contribution in [0.1, 0.15) is 13.0 Å². The predicted molar refractivity (Wildman–Crippen MR) is 107 cm³/mol. The molecule has 0 spiro atoms. The van der Waals surface area contributed by atoms with Gasteiger partial charge in [-0.3, -0.25) is 9.59 Å². The van der Waals surface area contributed by atoms with E-state index in [-0.39, 0.29) is 35.8 Å². The van der Waals surface area contributed by atoms with Crippen LogP contribution in [-0.4, -0.2) is 75.7 Å². The highest BCUT2D eigenvalue weighted by Crippen LogP contribution is 2.29. The lowest BCUT2D eigenvalue weighted by Gasteiger charge is -2.19. The number of hydrogen-bond donors (Lipinski definition) is 1. The van der Waals surface area contributed by atoms with Gasteiger partial charge < -0.3 is 19.7 Å². The Labute approximate surface area is 172 Å². The minimum atomic E-state index is -0.137. The van der Waals surface area contributed by atoms with Gasteiger partial charge in [0.05, 0.1) is 24.7 Å². The summed E-state index contributed by atoms with van der Waals surface area (Å²) in [4.78, 5) is 30.7. The van der Waals surface area contributed by atoms with E-state index >= 15 is 0 Å². The molecule has 2 aliphatic rings. The lowest BCUT2D eigenvalue weighted by Crippen LogP contribution is -2.32. The van der Waals surface area contributed by atoms with Gasteiger partial charge >= 0.3 is 0 Å². The van der Waals surface area contributed by atoms with E-state index in [9.17, 15) is 9.59 Å². The number of nitrogens with one attached hydrogen (secondary N) is 1. The van der Waals surface area contributed by atoms with Gasteiger partial charge in [0.25, 0.3) is 0 Å². The number of nitrogens with zero attached hydrogens (tertiary/aromatic N) is 4. The van der Waals surface area contributed by atoms with Crippen LogP contribution >= 0.6 is 11.8 Å². The zero-order chi connectivity index (χ0) is 20.2. The average molecular weight is 417 g/mol. The number of amides is 2. The molecule has 4 rings (SSSR count). The Balaban J connectivity index is 1.30. The summed E-state index contributed by atoms with van der Waals surface area (Å²) in [5.74, 6) is 0.181. The van der Waals surface area contributed by atoms with Crippen LogP contribution in [0.5, 0.6) is 0 Å². The SMILES string of the molecule is CC(=O)Nc1ccccc1SCC(=O)N1C[C@@H]2OCC(n3cncn3)CO[C@H]2C1. The Kier molecular flexibility index (Phi) is 6.12. The van der Waals surface area contributed by atoms with Crippen LogP contribution in [0.3, 0.4) is 0 Å². The van der Waals surface area contributed by atoms with Gasteiger partial charge in [0.15, 0.2) is 0 Å². The molecular formula is C19H23N5O4S. The number of hydrogen-bond acceptors (Lipinski definition) is 7. The van der Waals surface area contributed by atoms with E-state index in [1.54, 1.807) is 15.9 Å². The quantitative estimate of drug-likeness (QED) is 0.730. The van der Waals surface area contributed by atoms with Crippen molar-refractivity contribution in [3.05, 3.63) is 36.9 Å². The van der Waals surface area contributed by atoms with Gasteiger partial charge in [-0.2, -0.15) is 5.10 Å². The van der Waals surface area contributed by atoms with Gasteiger partial charge in [0, 0.05) is 24.9 Å². The van der Waals surface area contributed by atoms with Crippen LogP contribution in [0.25, 0.3) is 0 Å². The van der Waals surface area contributed by atoms with Crippen molar-refractivity contribution in [3.63, 3.8) is 0 Å². The summed E-state index contributed by atoms with van der Waals surface area (Å²) in [7, 11) is 0. The number of likely N-dealkylation sites (tertiary alicyclic amines) is 1. The maximum Gasteiger partial charge on any atom is 0.233 e. The summed E-state index contributed by atoms with van der Waals surface area (Å²) < 4.78 is 13.8. The number of ether oxygens (including phenoxy) is 2. The zero-order valence-electron chi connectivity index (χ0n) is 16.1. The van der Waals surface area contributed by atoms with Gasteiger partial charge in [-0.05, 0) is 12.1 Å². The van der Waals surface area contributed by atoms with Crippen LogP contribution in [-0.2, 0) is 19.1 Å². The number of carbonyl (C=O) groups excluding carboxylic acids is 2. The maximum atomic E-state index is 12.7. The fourth-order valence-electron chi connectivity index (χ4n) is 3.46. The highest BCUT2D eigenvalue weighted by atomic mass is 32.2. The highest BCUT2D eigenvalue weighted by molar-refractivity contribution is 8.00. The van der Waals surface area contributed by atoms with Gasteiger partial charge in [0.1, 0.15) is 30.9 Å². The van der Waals surface area contributed by atoms with Crippen molar-refractivity contribution in [1.82, 2.24) is 19.7 Å². The number of thioether (sulfide) groups is 1. The average Bonchev–Trinajstić information content (AvgIpc) is 3.34. The van der Waals surface area contributed by atoms with Crippen molar-refractivity contribution >= 4 is 29.3 Å². The summed E-state index contributed by atoms with van der Waals surface area (Å²) in [5, 5.41) is 6.94. The van der Waals surface area contributed by atoms with Crippen LogP contribution in [0, 0.1) is 0 Å². The third kappa shape index (κ3) is 4.77. The molecule has 29 heavy (non-hydrogen) atoms. The monoisotopic (exact) mass is 417 g/mol. The van der Waals surface area contributed by atoms with E-state index in [4.69, 9.17) is 9.47 Å². The standard InChI is InChI=1S/C19H23N5O4S/c1-13(25)22-15-4-2-3-5-18(15)29-10-19(26)23-6-16-17(7-23)28-9-14(8-27-16)24-12-20-11-21-24/h2-5,11-12,14,16-17H,6-10H2,1H3,(H,22,25)/t16-,17-/m0/s1. The number of benzene rings is 1. The molecule has 0 bridgehead atoms. The van der Waals surface area contributed by atoms with Crippen molar-refractivity contribution in [1.29, 1.82) is 0 Å². The molecule has 3 heterocycles. The molecule has 0 saturated carbocycles. The number of aromatic nitrogens is 3. The van der Waals surface area contributed by atoms with Crippen molar-refractivity contribution in [2.45, 2.75) is 30.1 Å². The van der Waals surface area contributed by atoms with E-state index < -0.39 is 0 Å². The number of carbonyl (C=O) groups is 2. The van der Waals surface area contributed by atoms with E-state index in [1.165, 1.54) is 25.0 Å². The van der Waals surface area contributed by atoms with Crippen LogP contribution < -0.4 is 5.32 Å². The van der Waals surface area contributed by atoms with E-state index in [1.807, 2.05) is 24.3 Å². The number of para-hydroxylation sites is 1. The van der Waals surface area contributed by atoms with E-state index in [2.05, 4.69) is 15.4 Å². The van der Waals surface area contributed by atoms with Crippen LogP contribution in [0.4, 0.5) is 5.69 Å². The van der Waals surface area contributed by atoms with Crippen LogP contribution in [0.15, 0.2) is 41.8 Å². The molecule has 10 heteroatoms. The molecule has 154 valence electrons. The first-order valence-electron chi connectivity index (χ1n) is 9.44. The van der Waals surface area contributed by atoms with Gasteiger partial charge in [-0.15, -0.1) is 11.8 Å². The summed E-state index contributed by atoms with van der Waals surface area (Å²) >= 11 is 1.41.